The van der Waals surface area contributed by atoms with Crippen molar-refractivity contribution >= 4 is 39.0 Å². The lowest BCUT2D eigenvalue weighted by Crippen LogP contribution is -2.40. The molecule has 1 aromatic heterocycles. The van der Waals surface area contributed by atoms with E-state index in [0.29, 0.717) is 42.3 Å². The Kier molecular flexibility index (Phi) is 6.68. The summed E-state index contributed by atoms with van der Waals surface area (Å²) in [5, 5.41) is 11.3. The van der Waals surface area contributed by atoms with E-state index in [0.717, 1.165) is 17.0 Å². The van der Waals surface area contributed by atoms with Gasteiger partial charge in [0.15, 0.2) is 0 Å². The summed E-state index contributed by atoms with van der Waals surface area (Å²) in [7, 11) is -3.74. The quantitative estimate of drug-likeness (QED) is 0.268. The minimum Gasteiger partial charge on any atom is -0.379 e. The van der Waals surface area contributed by atoms with E-state index in [1.54, 1.807) is 41.3 Å². The average molecular weight is 537 g/mol. The molecule has 0 unspecified atom stereocenters. The lowest BCUT2D eigenvalue weighted by Gasteiger charge is -2.26. The van der Waals surface area contributed by atoms with E-state index in [2.05, 4.69) is 0 Å². The molecule has 0 N–H and O–H groups in total. The maximum Gasteiger partial charge on any atom is 0.271 e. The van der Waals surface area contributed by atoms with E-state index in [-0.39, 0.29) is 29.6 Å². The van der Waals surface area contributed by atoms with Crippen molar-refractivity contribution in [2.24, 2.45) is 0 Å². The number of morpholine rings is 1. The number of hydrogen-bond donors (Lipinski definition) is 0. The number of likely N-dealkylation sites (N-methyl/N-ethyl adjacent to an activating group) is 1. The molecule has 198 valence electrons. The Hall–Kier alpha value is -3.80. The first-order valence-corrected chi connectivity index (χ1v) is 13.8. The van der Waals surface area contributed by atoms with Gasteiger partial charge in [0.25, 0.3) is 11.6 Å². The maximum absolute atomic E-state index is 13.5. The van der Waals surface area contributed by atoms with Crippen LogP contribution in [0, 0.1) is 24.0 Å². The number of nitrogens with zero attached hydrogens (tertiary/aromatic N) is 4. The molecule has 5 rings (SSSR count). The van der Waals surface area contributed by atoms with Crippen molar-refractivity contribution in [3.05, 3.63) is 81.2 Å². The summed E-state index contributed by atoms with van der Waals surface area (Å²) in [6, 6.07) is 13.1. The lowest BCUT2D eigenvalue weighted by molar-refractivity contribution is -0.384. The molecule has 1 saturated heterocycles. The fourth-order valence-electron chi connectivity index (χ4n) is 5.12. The van der Waals surface area contributed by atoms with Crippen molar-refractivity contribution in [2.45, 2.75) is 25.7 Å². The Morgan fingerprint density at radius 3 is 2.50 bits per heavy atom. The summed E-state index contributed by atoms with van der Waals surface area (Å²) >= 11 is 0. The predicted molar refractivity (Wildman–Crippen MR) is 144 cm³/mol. The Morgan fingerprint density at radius 1 is 1.08 bits per heavy atom. The van der Waals surface area contributed by atoms with E-state index in [1.807, 2.05) is 31.4 Å². The Morgan fingerprint density at radius 2 is 1.82 bits per heavy atom. The molecule has 1 amide bonds. The molecule has 10 nitrogen and oxygen atoms in total. The fraction of sp³-hybridized carbons (Fsp3) is 0.296. The molecule has 0 bridgehead atoms. The molecule has 0 aliphatic carbocycles. The first kappa shape index (κ1) is 25.8. The number of benzene rings is 2. The maximum atomic E-state index is 13.5. The van der Waals surface area contributed by atoms with Crippen LogP contribution in [0.2, 0.25) is 0 Å². The number of fused-ring (bicyclic) bond motifs is 1. The molecule has 2 aliphatic rings. The van der Waals surface area contributed by atoms with Crippen LogP contribution < -0.4 is 4.90 Å². The van der Waals surface area contributed by atoms with Gasteiger partial charge in [-0.3, -0.25) is 14.9 Å². The summed E-state index contributed by atoms with van der Waals surface area (Å²) < 4.78 is 35.2. The number of hydrogen-bond acceptors (Lipinski definition) is 6. The highest BCUT2D eigenvalue weighted by atomic mass is 32.2. The van der Waals surface area contributed by atoms with Crippen LogP contribution >= 0.6 is 0 Å². The number of non-ortho nitro benzene ring substituents is 1. The van der Waals surface area contributed by atoms with Crippen molar-refractivity contribution in [2.75, 3.05) is 37.7 Å². The van der Waals surface area contributed by atoms with E-state index in [1.165, 1.54) is 16.4 Å². The molecule has 2 aliphatic heterocycles. The van der Waals surface area contributed by atoms with Gasteiger partial charge in [-0.25, -0.2) is 8.42 Å². The summed E-state index contributed by atoms with van der Waals surface area (Å²) in [5.41, 5.74) is 4.67. The zero-order valence-corrected chi connectivity index (χ0v) is 22.2. The molecule has 0 atom stereocenters. The molecular formula is C27H28N4O6S. The number of rotatable bonds is 6. The molecule has 38 heavy (non-hydrogen) atoms. The second-order valence-electron chi connectivity index (χ2n) is 9.24. The number of nitro benzene ring substituents is 1. The van der Waals surface area contributed by atoms with Gasteiger partial charge in [-0.2, -0.15) is 4.31 Å². The summed E-state index contributed by atoms with van der Waals surface area (Å²) in [6.07, 6.45) is 1.78. The summed E-state index contributed by atoms with van der Waals surface area (Å²) in [4.78, 5) is 26.1. The van der Waals surface area contributed by atoms with Gasteiger partial charge >= 0.3 is 0 Å². The second kappa shape index (κ2) is 9.82. The van der Waals surface area contributed by atoms with Gasteiger partial charge in [0.05, 0.1) is 34.4 Å². The number of carbonyl (C=O) groups is 1. The highest BCUT2D eigenvalue weighted by Crippen LogP contribution is 2.40. The fourth-order valence-corrected chi connectivity index (χ4v) is 6.55. The third kappa shape index (κ3) is 4.32. The van der Waals surface area contributed by atoms with Gasteiger partial charge in [0.1, 0.15) is 0 Å². The molecule has 2 aromatic carbocycles. The number of carbonyl (C=O) groups excluding carboxylic acids is 1. The summed E-state index contributed by atoms with van der Waals surface area (Å²) in [5.74, 6) is -0.205. The number of aryl methyl sites for hydroxylation is 1. The average Bonchev–Trinajstić information content (AvgIpc) is 3.35. The van der Waals surface area contributed by atoms with Crippen LogP contribution in [-0.4, -0.2) is 61.0 Å². The van der Waals surface area contributed by atoms with Crippen LogP contribution in [0.1, 0.15) is 29.4 Å². The third-order valence-corrected chi connectivity index (χ3v) is 8.91. The molecule has 11 heteroatoms. The molecule has 3 aromatic rings. The van der Waals surface area contributed by atoms with Crippen molar-refractivity contribution in [1.29, 1.82) is 0 Å². The van der Waals surface area contributed by atoms with E-state index >= 15 is 0 Å². The van der Waals surface area contributed by atoms with Crippen LogP contribution in [0.25, 0.3) is 17.3 Å². The van der Waals surface area contributed by atoms with Crippen molar-refractivity contribution in [1.82, 2.24) is 8.87 Å². The molecular weight excluding hydrogens is 508 g/mol. The van der Waals surface area contributed by atoms with Gasteiger partial charge in [-0.1, -0.05) is 6.07 Å². The molecule has 3 heterocycles. The zero-order valence-electron chi connectivity index (χ0n) is 21.4. The number of amides is 1. The van der Waals surface area contributed by atoms with Gasteiger partial charge < -0.3 is 14.2 Å². The Bertz CT molecular complexity index is 1580. The lowest BCUT2D eigenvalue weighted by atomic mass is 10.0. The normalized spacial score (nSPS) is 17.3. The van der Waals surface area contributed by atoms with Crippen LogP contribution in [0.15, 0.2) is 53.4 Å². The zero-order chi connectivity index (χ0) is 27.2. The minimum absolute atomic E-state index is 0.0117. The van der Waals surface area contributed by atoms with Crippen LogP contribution in [0.3, 0.4) is 0 Å². The minimum atomic E-state index is -3.74. The number of nitro groups is 1. The summed E-state index contributed by atoms with van der Waals surface area (Å²) in [6.45, 7) is 7.34. The number of aromatic nitrogens is 1. The van der Waals surface area contributed by atoms with Crippen molar-refractivity contribution in [3.63, 3.8) is 0 Å². The van der Waals surface area contributed by atoms with Crippen LogP contribution in [0.4, 0.5) is 11.4 Å². The monoisotopic (exact) mass is 536 g/mol. The van der Waals surface area contributed by atoms with Crippen molar-refractivity contribution < 1.29 is 22.9 Å². The highest BCUT2D eigenvalue weighted by Gasteiger charge is 2.34. The predicted octanol–water partition coefficient (Wildman–Crippen LogP) is 3.93. The number of anilines is 1. The molecule has 0 saturated carbocycles. The van der Waals surface area contributed by atoms with Gasteiger partial charge in [-0.05, 0) is 62.7 Å². The topological polar surface area (TPSA) is 115 Å². The first-order chi connectivity index (χ1) is 18.1. The number of ether oxygens (including phenoxy) is 1. The third-order valence-electron chi connectivity index (χ3n) is 7.02. The Balaban J connectivity index is 1.60. The molecule has 0 radical (unpaired) electrons. The SMILES string of the molecule is CCN1C(=O)/C(=C\c2cc(C)n(-c3cccc([N+](=O)[O-])c3)c2C)c2cc(S(=O)(=O)N3CCOCC3)ccc21. The first-order valence-electron chi connectivity index (χ1n) is 12.3. The van der Waals surface area contributed by atoms with Gasteiger partial charge in [0.2, 0.25) is 10.0 Å². The number of sulfonamides is 1. The van der Waals surface area contributed by atoms with Gasteiger partial charge in [-0.15, -0.1) is 0 Å². The van der Waals surface area contributed by atoms with Crippen LogP contribution in [-0.2, 0) is 19.6 Å². The van der Waals surface area contributed by atoms with Gasteiger partial charge in [0, 0.05) is 54.3 Å². The van der Waals surface area contributed by atoms with E-state index < -0.39 is 14.9 Å². The molecule has 1 fully saturated rings. The van der Waals surface area contributed by atoms with Crippen molar-refractivity contribution in [3.8, 4) is 5.69 Å². The van der Waals surface area contributed by atoms with E-state index in [4.69, 9.17) is 4.74 Å². The Labute approximate surface area is 220 Å². The standard InChI is InChI=1S/C27H28N4O6S/c1-4-29-26-9-8-23(38(35,36)28-10-12-37-13-11-28)17-24(26)25(27(29)32)15-20-14-18(2)30(19(20)3)21-6-5-7-22(16-21)31(33)34/h5-9,14-17H,4,10-13H2,1-3H3/b25-15-. The van der Waals surface area contributed by atoms with E-state index in [9.17, 15) is 23.3 Å². The highest BCUT2D eigenvalue weighted by molar-refractivity contribution is 7.89. The largest absolute Gasteiger partial charge is 0.379 e. The second-order valence-corrected chi connectivity index (χ2v) is 11.2. The van der Waals surface area contributed by atoms with Crippen LogP contribution in [0.5, 0.6) is 0 Å². The molecule has 0 spiro atoms. The smallest absolute Gasteiger partial charge is 0.271 e.